The average molecular weight is 299 g/mol. The summed E-state index contributed by atoms with van der Waals surface area (Å²) >= 11 is 0. The molecule has 0 bridgehead atoms. The van der Waals surface area contributed by atoms with Gasteiger partial charge >= 0.3 is 5.97 Å². The van der Waals surface area contributed by atoms with Crippen molar-refractivity contribution in [2.24, 2.45) is 11.8 Å². The topological polar surface area (TPSA) is 66.4 Å². The lowest BCUT2D eigenvalue weighted by atomic mass is 9.97. The van der Waals surface area contributed by atoms with Crippen molar-refractivity contribution in [1.29, 1.82) is 0 Å². The molecule has 4 nitrogen and oxygen atoms in total. The lowest BCUT2D eigenvalue weighted by molar-refractivity contribution is -0.142. The Morgan fingerprint density at radius 2 is 1.77 bits per heavy atom. The monoisotopic (exact) mass is 299 g/mol. The number of benzene rings is 2. The number of hydrogen-bond acceptors (Lipinski definition) is 2. The molecule has 116 valence electrons. The minimum atomic E-state index is -0.868. The number of amides is 1. The van der Waals surface area contributed by atoms with E-state index in [4.69, 9.17) is 0 Å². The first kappa shape index (κ1) is 16.0. The summed E-state index contributed by atoms with van der Waals surface area (Å²) in [5.41, 5.74) is 0.549. The molecule has 1 unspecified atom stereocenters. The summed E-state index contributed by atoms with van der Waals surface area (Å²) in [4.78, 5) is 23.4. The van der Waals surface area contributed by atoms with Crippen molar-refractivity contribution in [2.45, 2.75) is 20.3 Å². The number of hydrogen-bond donors (Lipinski definition) is 2. The zero-order chi connectivity index (χ0) is 16.1. The third-order valence-electron chi connectivity index (χ3n) is 3.63. The van der Waals surface area contributed by atoms with E-state index in [0.29, 0.717) is 12.0 Å². The van der Waals surface area contributed by atoms with E-state index in [1.165, 1.54) is 0 Å². The first-order chi connectivity index (χ1) is 10.5. The molecule has 1 atom stereocenters. The smallest absolute Gasteiger partial charge is 0.308 e. The predicted octanol–water partition coefficient (Wildman–Crippen LogP) is 3.32. The van der Waals surface area contributed by atoms with Gasteiger partial charge in [0.2, 0.25) is 0 Å². The van der Waals surface area contributed by atoms with Gasteiger partial charge < -0.3 is 10.4 Å². The van der Waals surface area contributed by atoms with E-state index in [2.05, 4.69) is 5.32 Å². The average Bonchev–Trinajstić information content (AvgIpc) is 2.50. The molecular weight excluding hydrogens is 278 g/mol. The molecule has 2 aromatic rings. The first-order valence-electron chi connectivity index (χ1n) is 7.47. The van der Waals surface area contributed by atoms with E-state index in [9.17, 15) is 14.7 Å². The molecule has 0 aliphatic rings. The second-order valence-corrected chi connectivity index (χ2v) is 5.94. The second kappa shape index (κ2) is 7.07. The van der Waals surface area contributed by atoms with Gasteiger partial charge in [0.15, 0.2) is 0 Å². The number of rotatable bonds is 6. The molecule has 2 N–H and O–H groups in total. The molecule has 0 aliphatic carbocycles. The summed E-state index contributed by atoms with van der Waals surface area (Å²) in [7, 11) is 0. The largest absolute Gasteiger partial charge is 0.481 e. The molecule has 0 aromatic heterocycles. The summed E-state index contributed by atoms with van der Waals surface area (Å²) in [5.74, 6) is -1.38. The maximum absolute atomic E-state index is 12.2. The van der Waals surface area contributed by atoms with E-state index >= 15 is 0 Å². The Kier molecular flexibility index (Phi) is 5.15. The van der Waals surface area contributed by atoms with Gasteiger partial charge in [0.25, 0.3) is 5.91 Å². The molecular formula is C18H21NO3. The van der Waals surface area contributed by atoms with Gasteiger partial charge in [-0.05, 0) is 35.2 Å². The molecule has 2 rings (SSSR count). The van der Waals surface area contributed by atoms with E-state index in [1.54, 1.807) is 6.07 Å². The van der Waals surface area contributed by atoms with E-state index in [-0.39, 0.29) is 18.4 Å². The van der Waals surface area contributed by atoms with Crippen LogP contribution < -0.4 is 5.32 Å². The lowest BCUT2D eigenvalue weighted by Crippen LogP contribution is -2.33. The van der Waals surface area contributed by atoms with E-state index in [1.807, 2.05) is 50.2 Å². The summed E-state index contributed by atoms with van der Waals surface area (Å²) in [6.45, 7) is 4.10. The summed E-state index contributed by atoms with van der Waals surface area (Å²) in [5, 5.41) is 14.0. The highest BCUT2D eigenvalue weighted by atomic mass is 16.4. The molecule has 22 heavy (non-hydrogen) atoms. The maximum atomic E-state index is 12.2. The molecule has 0 spiro atoms. The Labute approximate surface area is 130 Å². The number of aliphatic carboxylic acids is 1. The minimum absolute atomic E-state index is 0.152. The molecule has 0 saturated heterocycles. The van der Waals surface area contributed by atoms with Crippen molar-refractivity contribution in [3.8, 4) is 0 Å². The molecule has 0 fully saturated rings. The van der Waals surface area contributed by atoms with Crippen molar-refractivity contribution in [3.05, 3.63) is 48.0 Å². The van der Waals surface area contributed by atoms with Gasteiger partial charge in [-0.15, -0.1) is 0 Å². The fourth-order valence-electron chi connectivity index (χ4n) is 2.49. The fourth-order valence-corrected chi connectivity index (χ4v) is 2.49. The highest BCUT2D eigenvalue weighted by Gasteiger charge is 2.20. The number of carbonyl (C=O) groups excluding carboxylic acids is 1. The van der Waals surface area contributed by atoms with Gasteiger partial charge in [-0.3, -0.25) is 9.59 Å². The molecule has 2 aromatic carbocycles. The van der Waals surface area contributed by atoms with Gasteiger partial charge in [0, 0.05) is 12.1 Å². The van der Waals surface area contributed by atoms with Gasteiger partial charge in [-0.2, -0.15) is 0 Å². The van der Waals surface area contributed by atoms with Crippen molar-refractivity contribution in [1.82, 2.24) is 5.32 Å². The van der Waals surface area contributed by atoms with Gasteiger partial charge in [-0.1, -0.05) is 44.2 Å². The third-order valence-corrected chi connectivity index (χ3v) is 3.63. The first-order valence-corrected chi connectivity index (χ1v) is 7.47. The van der Waals surface area contributed by atoms with Crippen LogP contribution in [-0.2, 0) is 4.79 Å². The quantitative estimate of drug-likeness (QED) is 0.860. The summed E-state index contributed by atoms with van der Waals surface area (Å²) < 4.78 is 0. The van der Waals surface area contributed by atoms with Crippen molar-refractivity contribution in [3.63, 3.8) is 0 Å². The molecule has 0 radical (unpaired) electrons. The number of carbonyl (C=O) groups is 2. The Morgan fingerprint density at radius 1 is 1.09 bits per heavy atom. The Morgan fingerprint density at radius 3 is 2.41 bits per heavy atom. The van der Waals surface area contributed by atoms with Crippen LogP contribution in [-0.4, -0.2) is 23.5 Å². The van der Waals surface area contributed by atoms with Crippen LogP contribution in [0.25, 0.3) is 10.8 Å². The highest BCUT2D eigenvalue weighted by molar-refractivity contribution is 5.98. The SMILES string of the molecule is CC(C)CC(CNC(=O)c1ccc2ccccc2c1)C(=O)O. The van der Waals surface area contributed by atoms with Crippen LogP contribution in [0.1, 0.15) is 30.6 Å². The van der Waals surface area contributed by atoms with Gasteiger partial charge in [0.05, 0.1) is 5.92 Å². The van der Waals surface area contributed by atoms with Gasteiger partial charge in [0.1, 0.15) is 0 Å². The number of nitrogens with one attached hydrogen (secondary N) is 1. The number of carboxylic acids is 1. The summed E-state index contributed by atoms with van der Waals surface area (Å²) in [6.07, 6.45) is 0.549. The zero-order valence-electron chi connectivity index (χ0n) is 12.9. The number of carboxylic acid groups (broad SMARTS) is 1. The highest BCUT2D eigenvalue weighted by Crippen LogP contribution is 2.16. The molecule has 4 heteroatoms. The molecule has 0 saturated carbocycles. The molecule has 1 amide bonds. The van der Waals surface area contributed by atoms with Crippen molar-refractivity contribution < 1.29 is 14.7 Å². The predicted molar refractivity (Wildman–Crippen MR) is 86.9 cm³/mol. The van der Waals surface area contributed by atoms with Crippen LogP contribution in [0.3, 0.4) is 0 Å². The van der Waals surface area contributed by atoms with Crippen molar-refractivity contribution in [2.75, 3.05) is 6.54 Å². The zero-order valence-corrected chi connectivity index (χ0v) is 12.9. The van der Waals surface area contributed by atoms with Crippen molar-refractivity contribution >= 4 is 22.6 Å². The van der Waals surface area contributed by atoms with Crippen LogP contribution >= 0.6 is 0 Å². The molecule has 0 aliphatic heterocycles. The second-order valence-electron chi connectivity index (χ2n) is 5.94. The van der Waals surface area contributed by atoms with Crippen LogP contribution in [0.2, 0.25) is 0 Å². The summed E-state index contributed by atoms with van der Waals surface area (Å²) in [6, 6.07) is 13.3. The Bertz CT molecular complexity index is 679. The lowest BCUT2D eigenvalue weighted by Gasteiger charge is -2.15. The van der Waals surface area contributed by atoms with E-state index in [0.717, 1.165) is 10.8 Å². The van der Waals surface area contributed by atoms with Crippen LogP contribution in [0, 0.1) is 11.8 Å². The Hall–Kier alpha value is -2.36. The van der Waals surface area contributed by atoms with E-state index < -0.39 is 11.9 Å². The van der Waals surface area contributed by atoms with Crippen LogP contribution in [0.5, 0.6) is 0 Å². The van der Waals surface area contributed by atoms with Crippen LogP contribution in [0.4, 0.5) is 0 Å². The van der Waals surface area contributed by atoms with Gasteiger partial charge in [-0.25, -0.2) is 0 Å². The Balaban J connectivity index is 2.05. The normalized spacial score (nSPS) is 12.3. The number of fused-ring (bicyclic) bond motifs is 1. The van der Waals surface area contributed by atoms with Crippen LogP contribution in [0.15, 0.2) is 42.5 Å². The minimum Gasteiger partial charge on any atom is -0.481 e. The molecule has 0 heterocycles. The standard InChI is InChI=1S/C18H21NO3/c1-12(2)9-16(18(21)22)11-19-17(20)15-8-7-13-5-3-4-6-14(13)10-15/h3-8,10,12,16H,9,11H2,1-2H3,(H,19,20)(H,21,22). The third kappa shape index (κ3) is 4.07. The fraction of sp³-hybridized carbons (Fsp3) is 0.333. The maximum Gasteiger partial charge on any atom is 0.308 e.